The third-order valence-corrected chi connectivity index (χ3v) is 12.8. The molecule has 29 heteroatoms. The molecule has 0 spiro atoms. The molecule has 0 aromatic rings. The standard InChI is InChI=1S/C39H67NO28/c1-10-20(49)25(54)28(57)37(60-10)65-31-13(5-41)4-16(62-32(14(47)6-42)33(15(48)7-43)66-38-29(58)26(55)21(50)11(2)61-38)23(52)35(31)68-36-19(40-12(3)46)34(24(53)18(9-45)63-36)67-39-30(59)27(56)22(51)17(8-44)64-39/h7,10-11,13-39,41-42,44-45,47-59H,4-6,8-9H2,1-3H3,(H,40,46)/t10-,11-,13+,14+,15-,16+,17+,18+,19+,20+,21+,22+,23-,24+,25+,26+,27-,28-,29-,30+,31-,32+,33+,34+,35+,36-,37?,38-,39-/m0/s1. The van der Waals surface area contributed by atoms with E-state index in [1.54, 1.807) is 0 Å². The van der Waals surface area contributed by atoms with E-state index in [9.17, 15) is 96.4 Å². The summed E-state index contributed by atoms with van der Waals surface area (Å²) >= 11 is 0. The van der Waals surface area contributed by atoms with Crippen molar-refractivity contribution in [1.29, 1.82) is 0 Å². The van der Waals surface area contributed by atoms with Gasteiger partial charge in [0.2, 0.25) is 5.91 Å². The van der Waals surface area contributed by atoms with Crippen LogP contribution in [0, 0.1) is 5.92 Å². The molecule has 29 atom stereocenters. The third-order valence-electron chi connectivity index (χ3n) is 12.8. The predicted octanol–water partition coefficient (Wildman–Crippen LogP) is -11.4. The van der Waals surface area contributed by atoms with Gasteiger partial charge in [-0.25, -0.2) is 0 Å². The fraction of sp³-hybridized carbons (Fsp3) is 0.949. The predicted molar refractivity (Wildman–Crippen MR) is 212 cm³/mol. The van der Waals surface area contributed by atoms with Crippen LogP contribution in [-0.2, 0) is 52.2 Å². The molecule has 4 saturated heterocycles. The monoisotopic (exact) mass is 997 g/mol. The number of hydrogen-bond donors (Lipinski definition) is 18. The van der Waals surface area contributed by atoms with Crippen LogP contribution in [0.3, 0.4) is 0 Å². The number of aldehydes is 1. The molecule has 5 fully saturated rings. The van der Waals surface area contributed by atoms with Gasteiger partial charge in [-0.05, 0) is 20.3 Å². The molecule has 0 aromatic carbocycles. The lowest BCUT2D eigenvalue weighted by molar-refractivity contribution is -0.367. The Balaban J connectivity index is 1.55. The fourth-order valence-corrected chi connectivity index (χ4v) is 8.81. The van der Waals surface area contributed by atoms with Crippen LogP contribution in [0.5, 0.6) is 0 Å². The number of aliphatic hydroxyl groups excluding tert-OH is 17. The summed E-state index contributed by atoms with van der Waals surface area (Å²) in [4.78, 5) is 24.9. The van der Waals surface area contributed by atoms with Crippen LogP contribution in [0.4, 0.5) is 0 Å². The molecule has 68 heavy (non-hydrogen) atoms. The third kappa shape index (κ3) is 12.3. The SMILES string of the molecule is CC(=O)N[C@H]1[C@H](O[C@@H]2[C@@H](O)[C@H](O[C@@H]([C@H](O[C@@H]3O[C@@H](C)[C@@H](O)[C@@H](O)[C@@H]3O)[C@@H](O)C=O)[C@H](O)CO)C[C@H](CO)[C@@H]2OC2O[C@@H](C)[C@@H](O)[C@@H](O)[C@@H]2O)O[C@H](CO)[C@@H](O)[C@@H]1O[C@@H]1O[C@H](CO)[C@@H](O)[C@H](O)[C@H]1O. The van der Waals surface area contributed by atoms with E-state index in [2.05, 4.69) is 5.32 Å². The smallest absolute Gasteiger partial charge is 0.217 e. The molecular weight excluding hydrogens is 930 g/mol. The van der Waals surface area contributed by atoms with Crippen LogP contribution >= 0.6 is 0 Å². The molecule has 29 nitrogen and oxygen atoms in total. The summed E-state index contributed by atoms with van der Waals surface area (Å²) < 4.78 is 52.4. The van der Waals surface area contributed by atoms with Crippen molar-refractivity contribution in [3.63, 3.8) is 0 Å². The Hall–Kier alpha value is -1.90. The average molecular weight is 998 g/mol. The van der Waals surface area contributed by atoms with E-state index in [4.69, 9.17) is 42.6 Å². The summed E-state index contributed by atoms with van der Waals surface area (Å²) in [5, 5.41) is 184. The Bertz CT molecular complexity index is 1570. The van der Waals surface area contributed by atoms with E-state index < -0.39 is 216 Å². The average Bonchev–Trinajstić information content (AvgIpc) is 3.31. The summed E-state index contributed by atoms with van der Waals surface area (Å²) in [6.45, 7) is -0.407. The van der Waals surface area contributed by atoms with Crippen molar-refractivity contribution in [2.75, 3.05) is 26.4 Å². The molecule has 1 amide bonds. The number of amides is 1. The maximum Gasteiger partial charge on any atom is 0.217 e. The zero-order chi connectivity index (χ0) is 50.6. The first-order valence-electron chi connectivity index (χ1n) is 21.9. The molecule has 18 N–H and O–H groups in total. The molecule has 0 radical (unpaired) electrons. The second-order valence-corrected chi connectivity index (χ2v) is 17.6. The van der Waals surface area contributed by atoms with Crippen molar-refractivity contribution < 1.29 is 139 Å². The van der Waals surface area contributed by atoms with E-state index in [0.29, 0.717) is 0 Å². The van der Waals surface area contributed by atoms with Crippen molar-refractivity contribution in [3.05, 3.63) is 0 Å². The van der Waals surface area contributed by atoms with Gasteiger partial charge in [-0.3, -0.25) is 4.79 Å². The Morgan fingerprint density at radius 2 is 1.06 bits per heavy atom. The number of nitrogens with one attached hydrogen (secondary N) is 1. The fourth-order valence-electron chi connectivity index (χ4n) is 8.81. The molecule has 1 aliphatic carbocycles. The molecule has 1 unspecified atom stereocenters. The van der Waals surface area contributed by atoms with Crippen LogP contribution in [0.1, 0.15) is 27.2 Å². The number of rotatable bonds is 19. The van der Waals surface area contributed by atoms with Gasteiger partial charge in [-0.1, -0.05) is 0 Å². The maximum atomic E-state index is 12.8. The van der Waals surface area contributed by atoms with Crippen LogP contribution in [0.15, 0.2) is 0 Å². The minimum absolute atomic E-state index is 0.0856. The van der Waals surface area contributed by atoms with Gasteiger partial charge in [0.05, 0.1) is 44.2 Å². The second kappa shape index (κ2) is 24.7. The Labute approximate surface area is 387 Å². The quantitative estimate of drug-likeness (QED) is 0.0534. The Morgan fingerprint density at radius 1 is 0.574 bits per heavy atom. The summed E-state index contributed by atoms with van der Waals surface area (Å²) in [7, 11) is 0. The topological polar surface area (TPSA) is 473 Å². The summed E-state index contributed by atoms with van der Waals surface area (Å²) in [6.07, 6.45) is -51.2. The molecule has 0 bridgehead atoms. The van der Waals surface area contributed by atoms with E-state index in [0.717, 1.165) is 6.92 Å². The second-order valence-electron chi connectivity index (χ2n) is 17.6. The number of aliphatic hydroxyl groups is 17. The van der Waals surface area contributed by atoms with E-state index >= 15 is 0 Å². The van der Waals surface area contributed by atoms with Gasteiger partial charge in [0.1, 0.15) is 122 Å². The van der Waals surface area contributed by atoms with Crippen LogP contribution in [0.2, 0.25) is 0 Å². The molecule has 5 rings (SSSR count). The van der Waals surface area contributed by atoms with Gasteiger partial charge in [-0.15, -0.1) is 0 Å². The van der Waals surface area contributed by atoms with Gasteiger partial charge in [0, 0.05) is 19.4 Å². The zero-order valence-corrected chi connectivity index (χ0v) is 36.9. The molecule has 4 heterocycles. The molecule has 396 valence electrons. The first-order chi connectivity index (χ1) is 32.0. The number of carbonyl (C=O) groups excluding carboxylic acids is 2. The number of carbonyl (C=O) groups is 2. The lowest BCUT2D eigenvalue weighted by atomic mass is 9.80. The minimum atomic E-state index is -2.28. The highest BCUT2D eigenvalue weighted by molar-refractivity contribution is 5.73. The van der Waals surface area contributed by atoms with Crippen molar-refractivity contribution >= 4 is 12.2 Å². The van der Waals surface area contributed by atoms with Crippen molar-refractivity contribution in [3.8, 4) is 0 Å². The summed E-state index contributed by atoms with van der Waals surface area (Å²) in [6, 6.07) is -1.78. The van der Waals surface area contributed by atoms with E-state index in [1.165, 1.54) is 13.8 Å². The van der Waals surface area contributed by atoms with Gasteiger partial charge in [-0.2, -0.15) is 0 Å². The minimum Gasteiger partial charge on any atom is -0.396 e. The lowest BCUT2D eigenvalue weighted by Crippen LogP contribution is -2.70. The largest absolute Gasteiger partial charge is 0.396 e. The first kappa shape index (κ1) is 57.0. The Morgan fingerprint density at radius 3 is 1.59 bits per heavy atom. The van der Waals surface area contributed by atoms with Gasteiger partial charge in [0.25, 0.3) is 0 Å². The van der Waals surface area contributed by atoms with Crippen molar-refractivity contribution in [2.45, 2.75) is 199 Å². The van der Waals surface area contributed by atoms with Crippen molar-refractivity contribution in [1.82, 2.24) is 5.32 Å². The highest BCUT2D eigenvalue weighted by Gasteiger charge is 2.57. The van der Waals surface area contributed by atoms with E-state index in [-0.39, 0.29) is 6.29 Å². The zero-order valence-electron chi connectivity index (χ0n) is 36.9. The molecule has 0 aromatic heterocycles. The highest BCUT2D eigenvalue weighted by Crippen LogP contribution is 2.39. The number of hydrogen-bond acceptors (Lipinski definition) is 28. The highest BCUT2D eigenvalue weighted by atomic mass is 16.8. The molecule has 4 aliphatic heterocycles. The lowest BCUT2D eigenvalue weighted by Gasteiger charge is -2.51. The van der Waals surface area contributed by atoms with Crippen molar-refractivity contribution in [2.24, 2.45) is 5.92 Å². The van der Waals surface area contributed by atoms with E-state index in [1.807, 2.05) is 0 Å². The maximum absolute atomic E-state index is 12.8. The normalized spacial score (nSPS) is 47.7. The molecule has 1 saturated carbocycles. The first-order valence-corrected chi connectivity index (χ1v) is 21.9. The van der Waals surface area contributed by atoms with Gasteiger partial charge in [0.15, 0.2) is 31.4 Å². The van der Waals surface area contributed by atoms with Crippen LogP contribution < -0.4 is 5.32 Å². The summed E-state index contributed by atoms with van der Waals surface area (Å²) in [5.41, 5.74) is 0. The molecular formula is C39H67NO28. The summed E-state index contributed by atoms with van der Waals surface area (Å²) in [5.74, 6) is -2.21. The number of ether oxygens (including phenoxy) is 9. The van der Waals surface area contributed by atoms with Gasteiger partial charge >= 0.3 is 0 Å². The van der Waals surface area contributed by atoms with Gasteiger partial charge < -0.3 is 140 Å². The Kier molecular flexibility index (Phi) is 20.7. The molecule has 5 aliphatic rings. The van der Waals surface area contributed by atoms with Crippen LogP contribution in [-0.4, -0.2) is 297 Å². The van der Waals surface area contributed by atoms with Crippen LogP contribution in [0.25, 0.3) is 0 Å².